The average molecular weight is 200 g/mol. The smallest absolute Gasteiger partial charge is 0.345 e. The Morgan fingerprint density at radius 2 is 2.31 bits per heavy atom. The fraction of sp³-hybridized carbons (Fsp3) is 0.375. The van der Waals surface area contributed by atoms with Crippen molar-refractivity contribution in [2.75, 3.05) is 14.1 Å². The molecule has 2 N–H and O–H groups in total. The van der Waals surface area contributed by atoms with Gasteiger partial charge in [0.05, 0.1) is 0 Å². The molecule has 4 nitrogen and oxygen atoms in total. The number of thiophene rings is 1. The summed E-state index contributed by atoms with van der Waals surface area (Å²) in [6.07, 6.45) is 0. The summed E-state index contributed by atoms with van der Waals surface area (Å²) in [6, 6.07) is 3.45. The lowest BCUT2D eigenvalue weighted by molar-refractivity contribution is 0.0702. The molecule has 0 amide bonds. The lowest BCUT2D eigenvalue weighted by Gasteiger charge is -2.09. The topological polar surface area (TPSA) is 52.6 Å². The Hall–Kier alpha value is -0.910. The molecule has 0 unspecified atom stereocenters. The van der Waals surface area contributed by atoms with Crippen LogP contribution in [-0.2, 0) is 6.54 Å². The third-order valence-electron chi connectivity index (χ3n) is 1.44. The van der Waals surface area contributed by atoms with Gasteiger partial charge in [-0.2, -0.15) is 0 Å². The Kier molecular flexibility index (Phi) is 3.41. The maximum absolute atomic E-state index is 10.5. The van der Waals surface area contributed by atoms with Crippen molar-refractivity contribution in [3.63, 3.8) is 0 Å². The quantitative estimate of drug-likeness (QED) is 0.712. The van der Waals surface area contributed by atoms with Gasteiger partial charge in [-0.25, -0.2) is 4.79 Å². The lowest BCUT2D eigenvalue weighted by Crippen LogP contribution is -2.29. The molecule has 0 radical (unpaired) electrons. The number of hydrogen-bond acceptors (Lipinski definition) is 4. The molecule has 1 aromatic heterocycles. The molecule has 0 spiro atoms. The predicted octanol–water partition coefficient (Wildman–Crippen LogP) is 1.01. The Labute approximate surface area is 80.8 Å². The highest BCUT2D eigenvalue weighted by molar-refractivity contribution is 7.13. The molecule has 1 aromatic rings. The summed E-state index contributed by atoms with van der Waals surface area (Å²) in [5.74, 6) is -0.860. The summed E-state index contributed by atoms with van der Waals surface area (Å²) < 4.78 is 0. The van der Waals surface area contributed by atoms with E-state index in [1.54, 1.807) is 6.07 Å². The highest BCUT2D eigenvalue weighted by Gasteiger charge is 2.06. The number of hydrogen-bond donors (Lipinski definition) is 2. The van der Waals surface area contributed by atoms with Crippen LogP contribution in [0.25, 0.3) is 0 Å². The number of carboxylic acid groups (broad SMARTS) is 1. The van der Waals surface area contributed by atoms with Crippen LogP contribution in [0.2, 0.25) is 0 Å². The van der Waals surface area contributed by atoms with E-state index in [9.17, 15) is 4.79 Å². The van der Waals surface area contributed by atoms with Crippen molar-refractivity contribution < 1.29 is 9.90 Å². The number of carbonyl (C=O) groups is 1. The molecule has 0 saturated heterocycles. The van der Waals surface area contributed by atoms with Gasteiger partial charge in [-0.05, 0) is 12.1 Å². The number of hydrazine groups is 1. The third kappa shape index (κ3) is 3.14. The zero-order valence-corrected chi connectivity index (χ0v) is 8.39. The van der Waals surface area contributed by atoms with Crippen LogP contribution in [0.1, 0.15) is 14.5 Å². The maximum atomic E-state index is 10.5. The average Bonchev–Trinajstić information content (AvgIpc) is 2.48. The standard InChI is InChI=1S/C8H12N2O2S/c1-10(2)9-5-6-3-4-7(13-6)8(11)12/h3-4,9H,5H2,1-2H3,(H,11,12). The predicted molar refractivity (Wildman–Crippen MR) is 51.8 cm³/mol. The Bertz CT molecular complexity index is 296. The first-order valence-electron chi connectivity index (χ1n) is 3.82. The van der Waals surface area contributed by atoms with Crippen LogP contribution in [0.5, 0.6) is 0 Å². The largest absolute Gasteiger partial charge is 0.477 e. The van der Waals surface area contributed by atoms with Gasteiger partial charge in [0.25, 0.3) is 0 Å². The minimum absolute atomic E-state index is 0.385. The van der Waals surface area contributed by atoms with Gasteiger partial charge in [0.1, 0.15) is 4.88 Å². The molecule has 0 saturated carbocycles. The fourth-order valence-corrected chi connectivity index (χ4v) is 1.60. The molecule has 1 rings (SSSR count). The number of nitrogens with one attached hydrogen (secondary N) is 1. The summed E-state index contributed by atoms with van der Waals surface area (Å²) >= 11 is 1.29. The summed E-state index contributed by atoms with van der Waals surface area (Å²) in [7, 11) is 3.79. The zero-order valence-electron chi connectivity index (χ0n) is 7.57. The van der Waals surface area contributed by atoms with Gasteiger partial charge < -0.3 is 5.11 Å². The van der Waals surface area contributed by atoms with Gasteiger partial charge >= 0.3 is 5.97 Å². The van der Waals surface area contributed by atoms with Crippen LogP contribution < -0.4 is 5.43 Å². The van der Waals surface area contributed by atoms with Crippen molar-refractivity contribution in [2.45, 2.75) is 6.54 Å². The van der Waals surface area contributed by atoms with E-state index in [0.29, 0.717) is 11.4 Å². The number of aromatic carboxylic acids is 1. The first kappa shape index (κ1) is 10.2. The van der Waals surface area contributed by atoms with E-state index in [4.69, 9.17) is 5.11 Å². The van der Waals surface area contributed by atoms with Crippen LogP contribution in [0.4, 0.5) is 0 Å². The highest BCUT2D eigenvalue weighted by atomic mass is 32.1. The van der Waals surface area contributed by atoms with E-state index in [2.05, 4.69) is 5.43 Å². The molecule has 0 bridgehead atoms. The van der Waals surface area contributed by atoms with Crippen molar-refractivity contribution in [2.24, 2.45) is 0 Å². The molecule has 0 aliphatic heterocycles. The Morgan fingerprint density at radius 1 is 1.62 bits per heavy atom. The maximum Gasteiger partial charge on any atom is 0.345 e. The zero-order chi connectivity index (χ0) is 9.84. The van der Waals surface area contributed by atoms with Crippen molar-refractivity contribution in [1.29, 1.82) is 0 Å². The molecular weight excluding hydrogens is 188 g/mol. The molecule has 0 aromatic carbocycles. The molecule has 0 aliphatic carbocycles. The van der Waals surface area contributed by atoms with E-state index in [1.165, 1.54) is 11.3 Å². The minimum atomic E-state index is -0.860. The van der Waals surface area contributed by atoms with E-state index < -0.39 is 5.97 Å². The monoisotopic (exact) mass is 200 g/mol. The molecular formula is C8H12N2O2S. The Balaban J connectivity index is 2.54. The number of carboxylic acids is 1. The van der Waals surface area contributed by atoms with Crippen molar-refractivity contribution in [3.8, 4) is 0 Å². The summed E-state index contributed by atoms with van der Waals surface area (Å²) in [5.41, 5.74) is 3.06. The number of nitrogens with zero attached hydrogens (tertiary/aromatic N) is 1. The second kappa shape index (κ2) is 4.36. The lowest BCUT2D eigenvalue weighted by atomic mass is 10.4. The molecule has 13 heavy (non-hydrogen) atoms. The SMILES string of the molecule is CN(C)NCc1ccc(C(=O)O)s1. The van der Waals surface area contributed by atoms with Crippen LogP contribution in [0, 0.1) is 0 Å². The number of rotatable bonds is 4. The molecule has 0 aliphatic rings. The van der Waals surface area contributed by atoms with E-state index in [1.807, 2.05) is 25.2 Å². The highest BCUT2D eigenvalue weighted by Crippen LogP contribution is 2.15. The normalized spacial score (nSPS) is 10.7. The fourth-order valence-electron chi connectivity index (χ4n) is 0.824. The van der Waals surface area contributed by atoms with Gasteiger partial charge in [0, 0.05) is 25.5 Å². The molecule has 5 heteroatoms. The van der Waals surface area contributed by atoms with Crippen LogP contribution >= 0.6 is 11.3 Å². The van der Waals surface area contributed by atoms with Crippen LogP contribution in [-0.4, -0.2) is 30.2 Å². The van der Waals surface area contributed by atoms with E-state index in [0.717, 1.165) is 4.88 Å². The van der Waals surface area contributed by atoms with Gasteiger partial charge in [0.15, 0.2) is 0 Å². The first-order chi connectivity index (χ1) is 6.09. The van der Waals surface area contributed by atoms with Gasteiger partial charge in [-0.1, -0.05) is 0 Å². The third-order valence-corrected chi connectivity index (χ3v) is 2.52. The van der Waals surface area contributed by atoms with Gasteiger partial charge in [-0.3, -0.25) is 10.4 Å². The Morgan fingerprint density at radius 3 is 2.77 bits per heavy atom. The van der Waals surface area contributed by atoms with E-state index >= 15 is 0 Å². The van der Waals surface area contributed by atoms with Gasteiger partial charge in [0.2, 0.25) is 0 Å². The van der Waals surface area contributed by atoms with E-state index in [-0.39, 0.29) is 0 Å². The van der Waals surface area contributed by atoms with Gasteiger partial charge in [-0.15, -0.1) is 11.3 Å². The second-order valence-electron chi connectivity index (χ2n) is 2.80. The van der Waals surface area contributed by atoms with Crippen LogP contribution in [0.15, 0.2) is 12.1 Å². The van der Waals surface area contributed by atoms with Crippen molar-refractivity contribution in [3.05, 3.63) is 21.9 Å². The molecule has 72 valence electrons. The molecule has 0 fully saturated rings. The van der Waals surface area contributed by atoms with Crippen LogP contribution in [0.3, 0.4) is 0 Å². The second-order valence-corrected chi connectivity index (χ2v) is 3.97. The summed E-state index contributed by atoms with van der Waals surface area (Å²) in [4.78, 5) is 11.9. The summed E-state index contributed by atoms with van der Waals surface area (Å²) in [6.45, 7) is 0.672. The first-order valence-corrected chi connectivity index (χ1v) is 4.64. The van der Waals surface area contributed by atoms with Crippen molar-refractivity contribution >= 4 is 17.3 Å². The minimum Gasteiger partial charge on any atom is -0.477 e. The summed E-state index contributed by atoms with van der Waals surface area (Å²) in [5, 5.41) is 10.5. The molecule has 0 atom stereocenters. The van der Waals surface area contributed by atoms with Crippen molar-refractivity contribution in [1.82, 2.24) is 10.4 Å². The molecule has 1 heterocycles.